The highest BCUT2D eigenvalue weighted by molar-refractivity contribution is 8.00. The topological polar surface area (TPSA) is 76.7 Å². The van der Waals surface area contributed by atoms with Gasteiger partial charge in [0, 0.05) is 16.3 Å². The Morgan fingerprint density at radius 2 is 1.62 bits per heavy atom. The molecule has 3 aromatic rings. The number of hydrogen-bond acceptors (Lipinski definition) is 5. The Morgan fingerprint density at radius 3 is 2.31 bits per heavy atom. The summed E-state index contributed by atoms with van der Waals surface area (Å²) in [5, 5.41) is 5.50. The van der Waals surface area contributed by atoms with Crippen LogP contribution in [0.5, 0.6) is 11.5 Å². The van der Waals surface area contributed by atoms with E-state index in [4.69, 9.17) is 9.47 Å². The van der Waals surface area contributed by atoms with Gasteiger partial charge in [-0.2, -0.15) is 0 Å². The van der Waals surface area contributed by atoms with Gasteiger partial charge in [-0.1, -0.05) is 31.2 Å². The molecular formula is C25H26N2O4S. The number of thioether (sulfide) groups is 1. The third-order valence-corrected chi connectivity index (χ3v) is 5.89. The van der Waals surface area contributed by atoms with Gasteiger partial charge in [-0.15, -0.1) is 11.8 Å². The van der Waals surface area contributed by atoms with E-state index in [1.807, 2.05) is 61.5 Å². The average molecular weight is 451 g/mol. The predicted octanol–water partition coefficient (Wildman–Crippen LogP) is 5.22. The summed E-state index contributed by atoms with van der Waals surface area (Å²) in [6.07, 6.45) is 0.661. The van der Waals surface area contributed by atoms with Crippen molar-refractivity contribution in [2.45, 2.75) is 23.5 Å². The minimum absolute atomic E-state index is 0.0756. The molecule has 7 heteroatoms. The van der Waals surface area contributed by atoms with Gasteiger partial charge in [-0.3, -0.25) is 9.59 Å². The Hall–Kier alpha value is -3.45. The van der Waals surface area contributed by atoms with Crippen molar-refractivity contribution in [2.75, 3.05) is 24.4 Å². The Balaban J connectivity index is 1.55. The molecule has 0 bridgehead atoms. The molecule has 0 heterocycles. The van der Waals surface area contributed by atoms with Gasteiger partial charge >= 0.3 is 0 Å². The predicted molar refractivity (Wildman–Crippen MR) is 129 cm³/mol. The fourth-order valence-electron chi connectivity index (χ4n) is 2.89. The summed E-state index contributed by atoms with van der Waals surface area (Å²) in [6, 6.07) is 23.8. The highest BCUT2D eigenvalue weighted by Crippen LogP contribution is 2.29. The third kappa shape index (κ3) is 7.06. The zero-order chi connectivity index (χ0) is 22.8. The molecular weight excluding hydrogens is 424 g/mol. The van der Waals surface area contributed by atoms with Crippen LogP contribution in [0.15, 0.2) is 83.8 Å². The van der Waals surface area contributed by atoms with Crippen molar-refractivity contribution < 1.29 is 19.1 Å². The fraction of sp³-hybridized carbons (Fsp3) is 0.200. The molecule has 0 radical (unpaired) electrons. The molecule has 1 atom stereocenters. The van der Waals surface area contributed by atoms with E-state index in [-0.39, 0.29) is 23.7 Å². The molecule has 1 unspecified atom stereocenters. The maximum absolute atomic E-state index is 12.7. The Morgan fingerprint density at radius 1 is 0.875 bits per heavy atom. The zero-order valence-electron chi connectivity index (χ0n) is 18.0. The van der Waals surface area contributed by atoms with Crippen LogP contribution >= 0.6 is 11.8 Å². The summed E-state index contributed by atoms with van der Waals surface area (Å²) in [7, 11) is 1.60. The summed E-state index contributed by atoms with van der Waals surface area (Å²) in [6.45, 7) is 1.89. The molecule has 32 heavy (non-hydrogen) atoms. The molecule has 3 aromatic carbocycles. The summed E-state index contributed by atoms with van der Waals surface area (Å²) in [5.74, 6) is 1.05. The minimum Gasteiger partial charge on any atom is -0.497 e. The van der Waals surface area contributed by atoms with Crippen molar-refractivity contribution in [3.05, 3.63) is 78.9 Å². The molecule has 0 spiro atoms. The van der Waals surface area contributed by atoms with Gasteiger partial charge in [0.05, 0.1) is 12.4 Å². The molecule has 0 aliphatic heterocycles. The number of hydrogen-bond donors (Lipinski definition) is 2. The van der Waals surface area contributed by atoms with Crippen molar-refractivity contribution in [1.82, 2.24) is 0 Å². The Kier molecular flexibility index (Phi) is 8.57. The Labute approximate surface area is 192 Å². The first-order valence-corrected chi connectivity index (χ1v) is 11.1. The summed E-state index contributed by atoms with van der Waals surface area (Å²) in [4.78, 5) is 25.8. The normalized spacial score (nSPS) is 11.3. The van der Waals surface area contributed by atoms with E-state index in [2.05, 4.69) is 10.6 Å². The molecule has 0 saturated heterocycles. The van der Waals surface area contributed by atoms with Crippen molar-refractivity contribution in [1.29, 1.82) is 0 Å². The van der Waals surface area contributed by atoms with E-state index < -0.39 is 0 Å². The number of ether oxygens (including phenoxy) is 2. The van der Waals surface area contributed by atoms with Gasteiger partial charge in [-0.05, 0) is 61.0 Å². The van der Waals surface area contributed by atoms with Crippen LogP contribution in [0.1, 0.15) is 13.3 Å². The van der Waals surface area contributed by atoms with Crippen LogP contribution in [0.4, 0.5) is 11.4 Å². The Bertz CT molecular complexity index is 1030. The van der Waals surface area contributed by atoms with Crippen molar-refractivity contribution in [3.63, 3.8) is 0 Å². The molecule has 166 valence electrons. The molecule has 3 rings (SSSR count). The lowest BCUT2D eigenvalue weighted by atomic mass is 10.2. The van der Waals surface area contributed by atoms with Crippen LogP contribution in [0.25, 0.3) is 0 Å². The standard InChI is InChI=1S/C25H26N2O4S/c1-3-23(25(29)27-18-12-14-20(30-2)15-13-18)32-22-11-7-8-19(16-22)26-24(28)17-31-21-9-5-4-6-10-21/h4-16,23H,3,17H2,1-2H3,(H,26,28)(H,27,29). The second-order valence-electron chi connectivity index (χ2n) is 6.91. The van der Waals surface area contributed by atoms with E-state index in [9.17, 15) is 9.59 Å². The van der Waals surface area contributed by atoms with Crippen LogP contribution in [0, 0.1) is 0 Å². The molecule has 0 saturated carbocycles. The number of rotatable bonds is 10. The summed E-state index contributed by atoms with van der Waals surface area (Å²) >= 11 is 1.46. The van der Waals surface area contributed by atoms with Crippen LogP contribution < -0.4 is 20.1 Å². The first-order chi connectivity index (χ1) is 15.6. The molecule has 6 nitrogen and oxygen atoms in total. The number of carbonyl (C=O) groups is 2. The van der Waals surface area contributed by atoms with E-state index in [1.165, 1.54) is 11.8 Å². The third-order valence-electron chi connectivity index (χ3n) is 4.53. The number of nitrogens with one attached hydrogen (secondary N) is 2. The fourth-order valence-corrected chi connectivity index (χ4v) is 3.91. The second kappa shape index (κ2) is 11.8. The van der Waals surface area contributed by atoms with E-state index in [0.717, 1.165) is 10.6 Å². The molecule has 2 N–H and O–H groups in total. The number of carbonyl (C=O) groups excluding carboxylic acids is 2. The van der Waals surface area contributed by atoms with Crippen LogP contribution in [-0.2, 0) is 9.59 Å². The lowest BCUT2D eigenvalue weighted by Gasteiger charge is -2.16. The van der Waals surface area contributed by atoms with Crippen molar-refractivity contribution in [2.24, 2.45) is 0 Å². The molecule has 0 aliphatic carbocycles. The quantitative estimate of drug-likeness (QED) is 0.414. The maximum Gasteiger partial charge on any atom is 0.262 e. The van der Waals surface area contributed by atoms with Gasteiger partial charge in [0.15, 0.2) is 6.61 Å². The molecule has 2 amide bonds. The number of amides is 2. The highest BCUT2D eigenvalue weighted by atomic mass is 32.2. The zero-order valence-corrected chi connectivity index (χ0v) is 18.9. The van der Waals surface area contributed by atoms with Crippen molar-refractivity contribution in [3.8, 4) is 11.5 Å². The first-order valence-electron chi connectivity index (χ1n) is 10.3. The maximum atomic E-state index is 12.7. The van der Waals surface area contributed by atoms with Gasteiger partial charge < -0.3 is 20.1 Å². The van der Waals surface area contributed by atoms with Crippen LogP contribution in [0.3, 0.4) is 0 Å². The highest BCUT2D eigenvalue weighted by Gasteiger charge is 2.18. The molecule has 0 aromatic heterocycles. The van der Waals surface area contributed by atoms with E-state index in [0.29, 0.717) is 23.5 Å². The van der Waals surface area contributed by atoms with Crippen LogP contribution in [-0.4, -0.2) is 30.8 Å². The largest absolute Gasteiger partial charge is 0.497 e. The van der Waals surface area contributed by atoms with Gasteiger partial charge in [-0.25, -0.2) is 0 Å². The van der Waals surface area contributed by atoms with Crippen molar-refractivity contribution >= 4 is 35.0 Å². The second-order valence-corrected chi connectivity index (χ2v) is 8.19. The smallest absolute Gasteiger partial charge is 0.262 e. The number of benzene rings is 3. The number of anilines is 2. The average Bonchev–Trinajstić information content (AvgIpc) is 2.82. The SMILES string of the molecule is CCC(Sc1cccc(NC(=O)COc2ccccc2)c1)C(=O)Nc1ccc(OC)cc1. The van der Waals surface area contributed by atoms with E-state index >= 15 is 0 Å². The number of methoxy groups -OCH3 is 1. The molecule has 0 aliphatic rings. The lowest BCUT2D eigenvalue weighted by Crippen LogP contribution is -2.24. The van der Waals surface area contributed by atoms with Gasteiger partial charge in [0.25, 0.3) is 5.91 Å². The van der Waals surface area contributed by atoms with E-state index in [1.54, 1.807) is 31.4 Å². The number of para-hydroxylation sites is 1. The van der Waals surface area contributed by atoms with Gasteiger partial charge in [0.2, 0.25) is 5.91 Å². The van der Waals surface area contributed by atoms with Gasteiger partial charge in [0.1, 0.15) is 11.5 Å². The summed E-state index contributed by atoms with van der Waals surface area (Å²) in [5.41, 5.74) is 1.37. The van der Waals surface area contributed by atoms with Crippen LogP contribution in [0.2, 0.25) is 0 Å². The lowest BCUT2D eigenvalue weighted by molar-refractivity contribution is -0.118. The minimum atomic E-state index is -0.274. The first kappa shape index (κ1) is 23.2. The summed E-state index contributed by atoms with van der Waals surface area (Å²) < 4.78 is 10.6. The monoisotopic (exact) mass is 450 g/mol. The molecule has 0 fully saturated rings.